The lowest BCUT2D eigenvalue weighted by atomic mass is 10.3. The molecule has 0 amide bonds. The minimum absolute atomic E-state index is 0.0146. The second-order valence-electron chi connectivity index (χ2n) is 3.86. The molecule has 2 aromatic rings. The van der Waals surface area contributed by atoms with Gasteiger partial charge in [-0.3, -0.25) is 10.1 Å². The highest BCUT2D eigenvalue weighted by Gasteiger charge is 2.13. The lowest BCUT2D eigenvalue weighted by Gasteiger charge is -2.02. The molecule has 0 bridgehead atoms. The highest BCUT2D eigenvalue weighted by atomic mass is 32.2. The van der Waals surface area contributed by atoms with Crippen molar-refractivity contribution < 1.29 is 17.8 Å². The topological polar surface area (TPSA) is 141 Å². The molecule has 3 N–H and O–H groups in total. The third kappa shape index (κ3) is 3.57. The molecule has 0 saturated carbocycles. The summed E-state index contributed by atoms with van der Waals surface area (Å²) in [6, 6.07) is 7.95. The van der Waals surface area contributed by atoms with Crippen LogP contribution in [0.15, 0.2) is 50.8 Å². The molecule has 21 heavy (non-hydrogen) atoms. The van der Waals surface area contributed by atoms with Crippen molar-refractivity contribution in [2.45, 2.75) is 4.90 Å². The van der Waals surface area contributed by atoms with Crippen LogP contribution in [0.3, 0.4) is 0 Å². The van der Waals surface area contributed by atoms with Crippen LogP contribution in [0.2, 0.25) is 0 Å². The first kappa shape index (κ1) is 14.5. The number of hydrogen-bond donors (Lipinski definition) is 2. The smallest absolute Gasteiger partial charge is 0.400 e. The molecule has 0 fully saturated rings. The Morgan fingerprint density at radius 3 is 2.48 bits per heavy atom. The monoisotopic (exact) mass is 310 g/mol. The standard InChI is InChI=1S/C11H10N4O5S/c12-8-1-4-10(5-2-8)21(18,19)14-13-7-9-3-6-11(20-9)15(16)17/h1-7,14H,12H2. The average molecular weight is 310 g/mol. The summed E-state index contributed by atoms with van der Waals surface area (Å²) < 4.78 is 28.5. The summed E-state index contributed by atoms with van der Waals surface area (Å²) in [7, 11) is -3.84. The van der Waals surface area contributed by atoms with E-state index in [2.05, 4.69) is 5.10 Å². The molecular formula is C11H10N4O5S. The number of anilines is 1. The second-order valence-corrected chi connectivity index (χ2v) is 5.52. The summed E-state index contributed by atoms with van der Waals surface area (Å²) in [6.07, 6.45) is 1.02. The fraction of sp³-hybridized carbons (Fsp3) is 0. The third-order valence-corrected chi connectivity index (χ3v) is 3.59. The highest BCUT2D eigenvalue weighted by Crippen LogP contribution is 2.14. The molecule has 1 aromatic heterocycles. The number of nitrogens with one attached hydrogen (secondary N) is 1. The highest BCUT2D eigenvalue weighted by molar-refractivity contribution is 7.89. The van der Waals surface area contributed by atoms with Crippen molar-refractivity contribution >= 4 is 27.8 Å². The van der Waals surface area contributed by atoms with Crippen molar-refractivity contribution in [3.8, 4) is 0 Å². The van der Waals surface area contributed by atoms with E-state index < -0.39 is 20.8 Å². The molecule has 110 valence electrons. The lowest BCUT2D eigenvalue weighted by Crippen LogP contribution is -2.18. The molecule has 0 aliphatic carbocycles. The number of nitro groups is 1. The Kier molecular flexibility index (Phi) is 3.89. The van der Waals surface area contributed by atoms with Crippen molar-refractivity contribution in [1.82, 2.24) is 4.83 Å². The minimum Gasteiger partial charge on any atom is -0.400 e. The van der Waals surface area contributed by atoms with Gasteiger partial charge >= 0.3 is 5.88 Å². The van der Waals surface area contributed by atoms with E-state index in [9.17, 15) is 18.5 Å². The summed E-state index contributed by atoms with van der Waals surface area (Å²) in [6.45, 7) is 0. The van der Waals surface area contributed by atoms with Crippen LogP contribution in [-0.2, 0) is 10.0 Å². The summed E-state index contributed by atoms with van der Waals surface area (Å²) in [4.78, 5) is 11.6. The summed E-state index contributed by atoms with van der Waals surface area (Å²) in [5, 5.41) is 13.9. The number of nitrogens with zero attached hydrogens (tertiary/aromatic N) is 2. The molecule has 2 rings (SSSR count). The van der Waals surface area contributed by atoms with Gasteiger partial charge < -0.3 is 10.2 Å². The van der Waals surface area contributed by atoms with Crippen molar-refractivity contribution in [3.63, 3.8) is 0 Å². The van der Waals surface area contributed by atoms with E-state index in [1.807, 2.05) is 4.83 Å². The number of hydrogen-bond acceptors (Lipinski definition) is 7. The van der Waals surface area contributed by atoms with Gasteiger partial charge in [0.1, 0.15) is 4.92 Å². The van der Waals surface area contributed by atoms with Crippen molar-refractivity contribution in [2.24, 2.45) is 5.10 Å². The fourth-order valence-corrected chi connectivity index (χ4v) is 2.16. The van der Waals surface area contributed by atoms with E-state index >= 15 is 0 Å². The molecule has 0 atom stereocenters. The zero-order valence-electron chi connectivity index (χ0n) is 10.5. The Hall–Kier alpha value is -2.88. The van der Waals surface area contributed by atoms with Gasteiger partial charge in [0.05, 0.1) is 17.2 Å². The van der Waals surface area contributed by atoms with E-state index in [0.717, 1.165) is 12.3 Å². The fourth-order valence-electron chi connectivity index (χ4n) is 1.37. The molecular weight excluding hydrogens is 300 g/mol. The maximum absolute atomic E-state index is 11.8. The number of furan rings is 1. The van der Waals surface area contributed by atoms with Crippen molar-refractivity contribution in [3.05, 3.63) is 52.3 Å². The van der Waals surface area contributed by atoms with Crippen LogP contribution in [-0.4, -0.2) is 19.6 Å². The number of nitrogen functional groups attached to an aromatic ring is 1. The van der Waals surface area contributed by atoms with Crippen LogP contribution < -0.4 is 10.6 Å². The van der Waals surface area contributed by atoms with Crippen LogP contribution >= 0.6 is 0 Å². The summed E-state index contributed by atoms with van der Waals surface area (Å²) >= 11 is 0. The SMILES string of the molecule is Nc1ccc(S(=O)(=O)NN=Cc2ccc([N+](=O)[O-])o2)cc1. The number of nitrogens with two attached hydrogens (primary N) is 1. The molecule has 10 heteroatoms. The molecule has 1 aromatic carbocycles. The Morgan fingerprint density at radius 1 is 1.24 bits per heavy atom. The van der Waals surface area contributed by atoms with Gasteiger partial charge in [-0.15, -0.1) is 0 Å². The molecule has 0 radical (unpaired) electrons. The van der Waals surface area contributed by atoms with Crippen LogP contribution in [0.25, 0.3) is 0 Å². The van der Waals surface area contributed by atoms with E-state index in [4.69, 9.17) is 10.2 Å². The van der Waals surface area contributed by atoms with Gasteiger partial charge in [0.2, 0.25) is 0 Å². The van der Waals surface area contributed by atoms with E-state index in [1.165, 1.54) is 30.3 Å². The maximum Gasteiger partial charge on any atom is 0.433 e. The van der Waals surface area contributed by atoms with Gasteiger partial charge in [0.15, 0.2) is 5.76 Å². The number of rotatable bonds is 5. The zero-order chi connectivity index (χ0) is 15.5. The first-order valence-electron chi connectivity index (χ1n) is 5.53. The number of benzene rings is 1. The number of sulfonamides is 1. The molecule has 0 spiro atoms. The van der Waals surface area contributed by atoms with Gasteiger partial charge in [-0.1, -0.05) is 0 Å². The van der Waals surface area contributed by atoms with Crippen molar-refractivity contribution in [2.75, 3.05) is 5.73 Å². The lowest BCUT2D eigenvalue weighted by molar-refractivity contribution is -0.402. The minimum atomic E-state index is -3.84. The van der Waals surface area contributed by atoms with Crippen LogP contribution in [0, 0.1) is 10.1 Å². The normalized spacial score (nSPS) is 11.6. The Labute approximate surface area is 119 Å². The summed E-state index contributed by atoms with van der Waals surface area (Å²) in [5.41, 5.74) is 5.89. The first-order valence-corrected chi connectivity index (χ1v) is 7.01. The van der Waals surface area contributed by atoms with Crippen LogP contribution in [0.4, 0.5) is 11.6 Å². The average Bonchev–Trinajstić information content (AvgIpc) is 2.88. The maximum atomic E-state index is 11.8. The quantitative estimate of drug-likeness (QED) is 0.366. The Bertz CT molecular complexity index is 779. The van der Waals surface area contributed by atoms with Gasteiger partial charge in [-0.2, -0.15) is 18.4 Å². The molecule has 0 saturated heterocycles. The van der Waals surface area contributed by atoms with E-state index in [-0.39, 0.29) is 10.7 Å². The van der Waals surface area contributed by atoms with Gasteiger partial charge in [-0.05, 0) is 30.3 Å². The van der Waals surface area contributed by atoms with Crippen LogP contribution in [0.1, 0.15) is 5.76 Å². The van der Waals surface area contributed by atoms with E-state index in [0.29, 0.717) is 5.69 Å². The van der Waals surface area contributed by atoms with Gasteiger partial charge in [-0.25, -0.2) is 0 Å². The molecule has 0 aliphatic heterocycles. The van der Waals surface area contributed by atoms with E-state index in [1.54, 1.807) is 0 Å². The molecule has 9 nitrogen and oxygen atoms in total. The number of hydrazone groups is 1. The second kappa shape index (κ2) is 5.63. The van der Waals surface area contributed by atoms with Crippen molar-refractivity contribution in [1.29, 1.82) is 0 Å². The summed E-state index contributed by atoms with van der Waals surface area (Å²) in [5.74, 6) is -0.417. The molecule has 0 unspecified atom stereocenters. The van der Waals surface area contributed by atoms with Crippen LogP contribution in [0.5, 0.6) is 0 Å². The Morgan fingerprint density at radius 2 is 1.90 bits per heavy atom. The Balaban J connectivity index is 2.08. The molecule has 1 heterocycles. The predicted molar refractivity (Wildman–Crippen MR) is 74.1 cm³/mol. The van der Waals surface area contributed by atoms with Gasteiger partial charge in [0, 0.05) is 5.69 Å². The predicted octanol–water partition coefficient (Wildman–Crippen LogP) is 1.08. The largest absolute Gasteiger partial charge is 0.433 e. The third-order valence-electron chi connectivity index (χ3n) is 2.35. The molecule has 0 aliphatic rings. The zero-order valence-corrected chi connectivity index (χ0v) is 11.3. The first-order chi connectivity index (χ1) is 9.88. The van der Waals surface area contributed by atoms with Gasteiger partial charge in [0.25, 0.3) is 10.0 Å².